The number of hydrazone groups is 1. The zero-order valence-electron chi connectivity index (χ0n) is 15.2. The first-order chi connectivity index (χ1) is 12.3. The summed E-state index contributed by atoms with van der Waals surface area (Å²) in [6.45, 7) is 2.85. The number of carbonyl (C=O) groups excluding carboxylic acids is 1. The molecule has 0 heterocycles. The van der Waals surface area contributed by atoms with Crippen LogP contribution in [0.5, 0.6) is 5.75 Å². The Balaban J connectivity index is 1.52. The van der Waals surface area contributed by atoms with Gasteiger partial charge in [0.2, 0.25) is 5.91 Å². The lowest BCUT2D eigenvalue weighted by Gasteiger charge is -2.08. The summed E-state index contributed by atoms with van der Waals surface area (Å²) in [6, 6.07) is 7.82. The van der Waals surface area contributed by atoms with Crippen molar-refractivity contribution < 1.29 is 9.53 Å². The van der Waals surface area contributed by atoms with Crippen LogP contribution >= 0.6 is 0 Å². The molecule has 1 aromatic carbocycles. The third kappa shape index (κ3) is 4.83. The lowest BCUT2D eigenvalue weighted by atomic mass is 10.0. The van der Waals surface area contributed by atoms with E-state index in [2.05, 4.69) is 17.5 Å². The third-order valence-corrected chi connectivity index (χ3v) is 5.51. The van der Waals surface area contributed by atoms with Gasteiger partial charge in [0.25, 0.3) is 0 Å². The van der Waals surface area contributed by atoms with Crippen LogP contribution < -0.4 is 10.2 Å². The average molecular weight is 342 g/mol. The molecule has 3 rings (SSSR count). The molecule has 2 aliphatic rings. The van der Waals surface area contributed by atoms with Crippen LogP contribution in [0.3, 0.4) is 0 Å². The fourth-order valence-electron chi connectivity index (χ4n) is 4.02. The van der Waals surface area contributed by atoms with Crippen LogP contribution in [0, 0.1) is 17.8 Å². The van der Waals surface area contributed by atoms with E-state index in [-0.39, 0.29) is 11.8 Å². The highest BCUT2D eigenvalue weighted by Crippen LogP contribution is 2.53. The van der Waals surface area contributed by atoms with Gasteiger partial charge in [0.05, 0.1) is 12.8 Å². The zero-order valence-corrected chi connectivity index (χ0v) is 15.2. The van der Waals surface area contributed by atoms with Gasteiger partial charge in [-0.25, -0.2) is 5.43 Å². The van der Waals surface area contributed by atoms with Gasteiger partial charge in [-0.2, -0.15) is 5.10 Å². The highest BCUT2D eigenvalue weighted by Gasteiger charge is 2.53. The minimum Gasteiger partial charge on any atom is -0.493 e. The standard InChI is InChI=1S/C21H30N2O2/c1-2-3-14-25-19-13-9-8-10-16(19)15-22-23-21(24)20-17-11-6-4-5-7-12-18(17)20/h8-10,13,15,17-18,20H,2-7,11-12,14H2,1H3,(H,23,24)/t17-,18-/m0/s1. The van der Waals surface area contributed by atoms with E-state index in [0.29, 0.717) is 18.4 Å². The van der Waals surface area contributed by atoms with Gasteiger partial charge in [-0.15, -0.1) is 0 Å². The average Bonchev–Trinajstić information content (AvgIpc) is 3.27. The number of benzene rings is 1. The lowest BCUT2D eigenvalue weighted by molar-refractivity contribution is -0.122. The Morgan fingerprint density at radius 1 is 1.20 bits per heavy atom. The number of hydrogen-bond donors (Lipinski definition) is 1. The van der Waals surface area contributed by atoms with Crippen LogP contribution in [0.25, 0.3) is 0 Å². The monoisotopic (exact) mass is 342 g/mol. The van der Waals surface area contributed by atoms with Gasteiger partial charge < -0.3 is 4.74 Å². The van der Waals surface area contributed by atoms with Gasteiger partial charge >= 0.3 is 0 Å². The predicted molar refractivity (Wildman–Crippen MR) is 101 cm³/mol. The molecule has 0 bridgehead atoms. The summed E-state index contributed by atoms with van der Waals surface area (Å²) in [4.78, 5) is 12.4. The number of amides is 1. The molecule has 0 radical (unpaired) electrons. The number of ether oxygens (including phenoxy) is 1. The number of para-hydroxylation sites is 1. The molecule has 2 atom stereocenters. The molecule has 4 heteroatoms. The number of fused-ring (bicyclic) bond motifs is 1. The van der Waals surface area contributed by atoms with Gasteiger partial charge in [0.15, 0.2) is 0 Å². The van der Waals surface area contributed by atoms with Gasteiger partial charge in [0.1, 0.15) is 5.75 Å². The van der Waals surface area contributed by atoms with Gasteiger partial charge in [-0.1, -0.05) is 51.2 Å². The quantitative estimate of drug-likeness (QED) is 0.449. The molecule has 136 valence electrons. The molecule has 0 spiro atoms. The maximum absolute atomic E-state index is 12.4. The number of rotatable bonds is 7. The Kier molecular flexibility index (Phi) is 6.48. The first kappa shape index (κ1) is 18.0. The third-order valence-electron chi connectivity index (χ3n) is 5.51. The highest BCUT2D eigenvalue weighted by molar-refractivity contribution is 5.86. The summed E-state index contributed by atoms with van der Waals surface area (Å²) < 4.78 is 5.80. The molecule has 25 heavy (non-hydrogen) atoms. The van der Waals surface area contributed by atoms with E-state index in [0.717, 1.165) is 24.2 Å². The van der Waals surface area contributed by atoms with E-state index in [1.807, 2.05) is 24.3 Å². The molecule has 1 aromatic rings. The Hall–Kier alpha value is -1.84. The summed E-state index contributed by atoms with van der Waals surface area (Å²) in [5.74, 6) is 2.30. The number of carbonyl (C=O) groups is 1. The Labute approximate surface area is 151 Å². The molecule has 0 saturated heterocycles. The minimum absolute atomic E-state index is 0.0949. The first-order valence-electron chi connectivity index (χ1n) is 9.86. The molecule has 4 nitrogen and oxygen atoms in total. The van der Waals surface area contributed by atoms with Crippen LogP contribution in [0.1, 0.15) is 63.9 Å². The van der Waals surface area contributed by atoms with Crippen LogP contribution in [0.2, 0.25) is 0 Å². The fourth-order valence-corrected chi connectivity index (χ4v) is 4.02. The minimum atomic E-state index is 0.0949. The van der Waals surface area contributed by atoms with Crippen molar-refractivity contribution in [2.24, 2.45) is 22.9 Å². The Bertz CT molecular complexity index is 585. The maximum atomic E-state index is 12.4. The second-order valence-electron chi connectivity index (χ2n) is 7.32. The Morgan fingerprint density at radius 3 is 2.64 bits per heavy atom. The lowest BCUT2D eigenvalue weighted by Crippen LogP contribution is -2.21. The Morgan fingerprint density at radius 2 is 1.92 bits per heavy atom. The largest absolute Gasteiger partial charge is 0.493 e. The molecule has 0 aliphatic heterocycles. The van der Waals surface area contributed by atoms with Crippen LogP contribution in [0.15, 0.2) is 29.4 Å². The molecular weight excluding hydrogens is 312 g/mol. The van der Waals surface area contributed by atoms with E-state index < -0.39 is 0 Å². The van der Waals surface area contributed by atoms with Crippen molar-refractivity contribution in [3.63, 3.8) is 0 Å². The number of unbranched alkanes of at least 4 members (excludes halogenated alkanes) is 1. The number of nitrogens with one attached hydrogen (secondary N) is 1. The summed E-state index contributed by atoms with van der Waals surface area (Å²) in [5, 5.41) is 4.19. The van der Waals surface area contributed by atoms with Crippen molar-refractivity contribution in [3.8, 4) is 5.75 Å². The highest BCUT2D eigenvalue weighted by atomic mass is 16.5. The summed E-state index contributed by atoms with van der Waals surface area (Å²) >= 11 is 0. The molecule has 1 amide bonds. The first-order valence-corrected chi connectivity index (χ1v) is 9.86. The van der Waals surface area contributed by atoms with Crippen molar-refractivity contribution in [1.82, 2.24) is 5.43 Å². The van der Waals surface area contributed by atoms with Crippen LogP contribution in [-0.2, 0) is 4.79 Å². The van der Waals surface area contributed by atoms with Gasteiger partial charge in [0, 0.05) is 11.5 Å². The number of hydrogen-bond acceptors (Lipinski definition) is 3. The second kappa shape index (κ2) is 9.02. The van der Waals surface area contributed by atoms with Crippen molar-refractivity contribution >= 4 is 12.1 Å². The summed E-state index contributed by atoms with van der Waals surface area (Å²) in [6.07, 6.45) is 11.5. The smallest absolute Gasteiger partial charge is 0.243 e. The van der Waals surface area contributed by atoms with Crippen molar-refractivity contribution in [1.29, 1.82) is 0 Å². The van der Waals surface area contributed by atoms with E-state index in [1.54, 1.807) is 6.21 Å². The van der Waals surface area contributed by atoms with Gasteiger partial charge in [-0.3, -0.25) is 4.79 Å². The molecule has 2 aliphatic carbocycles. The molecule has 0 aromatic heterocycles. The van der Waals surface area contributed by atoms with Gasteiger partial charge in [-0.05, 0) is 43.2 Å². The molecule has 2 saturated carbocycles. The number of nitrogens with zero attached hydrogens (tertiary/aromatic N) is 1. The van der Waals surface area contributed by atoms with E-state index in [4.69, 9.17) is 4.74 Å². The SMILES string of the molecule is CCCCOc1ccccc1C=NNC(=O)C1[C@H]2CCCCCC[C@H]12. The van der Waals surface area contributed by atoms with Crippen molar-refractivity contribution in [2.45, 2.75) is 58.3 Å². The topological polar surface area (TPSA) is 50.7 Å². The summed E-state index contributed by atoms with van der Waals surface area (Å²) in [7, 11) is 0. The van der Waals surface area contributed by atoms with Crippen LogP contribution in [0.4, 0.5) is 0 Å². The fraction of sp³-hybridized carbons (Fsp3) is 0.619. The molecular formula is C21H30N2O2. The van der Waals surface area contributed by atoms with E-state index >= 15 is 0 Å². The van der Waals surface area contributed by atoms with Crippen LogP contribution in [-0.4, -0.2) is 18.7 Å². The predicted octanol–water partition coefficient (Wildman–Crippen LogP) is 4.53. The molecule has 2 fully saturated rings. The van der Waals surface area contributed by atoms with E-state index in [1.165, 1.54) is 38.5 Å². The molecule has 1 N–H and O–H groups in total. The second-order valence-corrected chi connectivity index (χ2v) is 7.32. The van der Waals surface area contributed by atoms with Crippen molar-refractivity contribution in [2.75, 3.05) is 6.61 Å². The van der Waals surface area contributed by atoms with E-state index in [9.17, 15) is 4.79 Å². The molecule has 0 unspecified atom stereocenters. The zero-order chi connectivity index (χ0) is 17.5. The normalized spacial score (nSPS) is 25.7. The maximum Gasteiger partial charge on any atom is 0.243 e. The summed E-state index contributed by atoms with van der Waals surface area (Å²) in [5.41, 5.74) is 3.66. The van der Waals surface area contributed by atoms with Crippen molar-refractivity contribution in [3.05, 3.63) is 29.8 Å².